The predicted octanol–water partition coefficient (Wildman–Crippen LogP) is 2.14. The number of benzene rings is 1. The maximum Gasteiger partial charge on any atom is 0.165 e. The summed E-state index contributed by atoms with van der Waals surface area (Å²) < 4.78 is 12.6. The van der Waals surface area contributed by atoms with E-state index >= 15 is 0 Å². The number of para-hydroxylation sites is 2. The molecule has 1 aromatic heterocycles. The summed E-state index contributed by atoms with van der Waals surface area (Å²) in [4.78, 5) is 8.72. The number of hydrogen-bond donors (Lipinski definition) is 1. The van der Waals surface area contributed by atoms with Gasteiger partial charge in [-0.2, -0.15) is 0 Å². The molecule has 0 spiro atoms. The first-order valence-electron chi connectivity index (χ1n) is 6.29. The highest BCUT2D eigenvalue weighted by atomic mass is 35.5. The SMILES string of the molecule is O=[S@@](c1nc2ccccc2nc1Cl)C1CCNCC1. The molecule has 1 aromatic carbocycles. The van der Waals surface area contributed by atoms with Crippen LogP contribution in [0, 0.1) is 0 Å². The van der Waals surface area contributed by atoms with E-state index < -0.39 is 10.8 Å². The number of hydrogen-bond acceptors (Lipinski definition) is 4. The summed E-state index contributed by atoms with van der Waals surface area (Å²) in [6.45, 7) is 1.80. The predicted molar refractivity (Wildman–Crippen MR) is 76.8 cm³/mol. The molecule has 1 saturated heterocycles. The highest BCUT2D eigenvalue weighted by Crippen LogP contribution is 2.24. The molecule has 0 bridgehead atoms. The summed E-state index contributed by atoms with van der Waals surface area (Å²) in [5.41, 5.74) is 1.47. The molecule has 0 amide bonds. The zero-order valence-corrected chi connectivity index (χ0v) is 11.9. The number of piperidine rings is 1. The Morgan fingerprint density at radius 2 is 1.79 bits per heavy atom. The second-order valence-electron chi connectivity index (χ2n) is 4.56. The monoisotopic (exact) mass is 295 g/mol. The van der Waals surface area contributed by atoms with Crippen LogP contribution in [0.25, 0.3) is 11.0 Å². The fourth-order valence-electron chi connectivity index (χ4n) is 2.26. The van der Waals surface area contributed by atoms with E-state index in [-0.39, 0.29) is 10.4 Å². The molecule has 100 valence electrons. The summed E-state index contributed by atoms with van der Waals surface area (Å²) in [7, 11) is -1.18. The molecule has 2 aromatic rings. The van der Waals surface area contributed by atoms with Crippen molar-refractivity contribution in [1.82, 2.24) is 15.3 Å². The van der Waals surface area contributed by atoms with Crippen molar-refractivity contribution in [3.8, 4) is 0 Å². The Hall–Kier alpha value is -1.04. The number of aromatic nitrogens is 2. The molecular formula is C13H14ClN3OS. The van der Waals surface area contributed by atoms with Crippen molar-refractivity contribution in [2.75, 3.05) is 13.1 Å². The number of nitrogens with one attached hydrogen (secondary N) is 1. The van der Waals surface area contributed by atoms with Crippen molar-refractivity contribution in [1.29, 1.82) is 0 Å². The fourth-order valence-corrected chi connectivity index (χ4v) is 4.00. The zero-order valence-electron chi connectivity index (χ0n) is 10.3. The molecule has 4 nitrogen and oxygen atoms in total. The number of nitrogens with zero attached hydrogens (tertiary/aromatic N) is 2. The largest absolute Gasteiger partial charge is 0.317 e. The topological polar surface area (TPSA) is 54.9 Å². The minimum Gasteiger partial charge on any atom is -0.317 e. The third kappa shape index (κ3) is 2.63. The van der Waals surface area contributed by atoms with E-state index in [1.807, 2.05) is 24.3 Å². The zero-order chi connectivity index (χ0) is 13.2. The van der Waals surface area contributed by atoms with Crippen LogP contribution in [0.5, 0.6) is 0 Å². The molecule has 2 heterocycles. The maximum absolute atomic E-state index is 12.6. The van der Waals surface area contributed by atoms with Crippen LogP contribution in [-0.2, 0) is 10.8 Å². The fraction of sp³-hybridized carbons (Fsp3) is 0.385. The Balaban J connectivity index is 1.99. The molecular weight excluding hydrogens is 282 g/mol. The van der Waals surface area contributed by atoms with Gasteiger partial charge in [0.2, 0.25) is 0 Å². The van der Waals surface area contributed by atoms with Crippen molar-refractivity contribution in [3.63, 3.8) is 0 Å². The van der Waals surface area contributed by atoms with Crippen molar-refractivity contribution >= 4 is 33.4 Å². The Morgan fingerprint density at radius 3 is 2.47 bits per heavy atom. The summed E-state index contributed by atoms with van der Waals surface area (Å²) >= 11 is 6.14. The smallest absolute Gasteiger partial charge is 0.165 e. The van der Waals surface area contributed by atoms with Crippen molar-refractivity contribution < 1.29 is 4.21 Å². The van der Waals surface area contributed by atoms with Gasteiger partial charge in [0, 0.05) is 5.25 Å². The second kappa shape index (κ2) is 5.53. The lowest BCUT2D eigenvalue weighted by atomic mass is 10.2. The van der Waals surface area contributed by atoms with Crippen molar-refractivity contribution in [3.05, 3.63) is 29.4 Å². The van der Waals surface area contributed by atoms with Crippen LogP contribution < -0.4 is 5.32 Å². The number of halogens is 1. The maximum atomic E-state index is 12.6. The summed E-state index contributed by atoms with van der Waals surface area (Å²) in [5.74, 6) is 0. The van der Waals surface area contributed by atoms with Crippen molar-refractivity contribution in [2.45, 2.75) is 23.1 Å². The van der Waals surface area contributed by atoms with E-state index in [4.69, 9.17) is 11.6 Å². The highest BCUT2D eigenvalue weighted by molar-refractivity contribution is 7.85. The molecule has 19 heavy (non-hydrogen) atoms. The summed E-state index contributed by atoms with van der Waals surface area (Å²) in [6.07, 6.45) is 1.77. The third-order valence-electron chi connectivity index (χ3n) is 3.28. The van der Waals surface area contributed by atoms with Gasteiger partial charge in [-0.05, 0) is 38.1 Å². The number of fused-ring (bicyclic) bond motifs is 1. The summed E-state index contributed by atoms with van der Waals surface area (Å²) in [5, 5.41) is 4.06. The molecule has 0 saturated carbocycles. The Morgan fingerprint density at radius 1 is 1.16 bits per heavy atom. The Labute approximate surface area is 119 Å². The molecule has 1 aliphatic heterocycles. The average Bonchev–Trinajstić information content (AvgIpc) is 2.47. The molecule has 0 radical (unpaired) electrons. The third-order valence-corrected chi connectivity index (χ3v) is 5.40. The Kier molecular flexibility index (Phi) is 3.77. The minimum atomic E-state index is -1.18. The van der Waals surface area contributed by atoms with Crippen LogP contribution in [0.15, 0.2) is 29.3 Å². The lowest BCUT2D eigenvalue weighted by Gasteiger charge is -2.21. The molecule has 0 aliphatic carbocycles. The van der Waals surface area contributed by atoms with Crippen LogP contribution in [-0.4, -0.2) is 32.5 Å². The van der Waals surface area contributed by atoms with E-state index in [1.165, 1.54) is 0 Å². The Bertz CT molecular complexity index is 628. The van der Waals surface area contributed by atoms with Gasteiger partial charge in [-0.15, -0.1) is 0 Å². The van der Waals surface area contributed by atoms with E-state index in [1.54, 1.807) is 0 Å². The van der Waals surface area contributed by atoms with E-state index in [0.29, 0.717) is 5.03 Å². The van der Waals surface area contributed by atoms with Crippen LogP contribution >= 0.6 is 11.6 Å². The second-order valence-corrected chi connectivity index (χ2v) is 6.56. The highest BCUT2D eigenvalue weighted by Gasteiger charge is 2.24. The van der Waals surface area contributed by atoms with Gasteiger partial charge in [-0.25, -0.2) is 9.97 Å². The van der Waals surface area contributed by atoms with Gasteiger partial charge in [0.1, 0.15) is 0 Å². The van der Waals surface area contributed by atoms with Crippen LogP contribution in [0.3, 0.4) is 0 Å². The van der Waals surface area contributed by atoms with Gasteiger partial charge in [0.15, 0.2) is 10.2 Å². The first kappa shape index (κ1) is 13.0. The molecule has 3 rings (SSSR count). The van der Waals surface area contributed by atoms with E-state index in [0.717, 1.165) is 37.0 Å². The van der Waals surface area contributed by atoms with Gasteiger partial charge in [-0.1, -0.05) is 23.7 Å². The average molecular weight is 296 g/mol. The lowest BCUT2D eigenvalue weighted by molar-refractivity contribution is 0.519. The van der Waals surface area contributed by atoms with Gasteiger partial charge in [0.05, 0.1) is 21.8 Å². The van der Waals surface area contributed by atoms with Crippen LogP contribution in [0.4, 0.5) is 0 Å². The minimum absolute atomic E-state index is 0.120. The standard InChI is InChI=1S/C13H14ClN3OS/c14-12-13(19(18)9-5-7-15-8-6-9)17-11-4-2-1-3-10(11)16-12/h1-4,9,15H,5-8H2/t19-/m1/s1. The molecule has 0 unspecified atom stereocenters. The quantitative estimate of drug-likeness (QED) is 0.922. The molecule has 1 N–H and O–H groups in total. The van der Waals surface area contributed by atoms with Gasteiger partial charge >= 0.3 is 0 Å². The van der Waals surface area contributed by atoms with E-state index in [9.17, 15) is 4.21 Å². The summed E-state index contributed by atoms with van der Waals surface area (Å²) in [6, 6.07) is 7.49. The molecule has 1 fully saturated rings. The van der Waals surface area contributed by atoms with Gasteiger partial charge in [-0.3, -0.25) is 4.21 Å². The van der Waals surface area contributed by atoms with Crippen LogP contribution in [0.2, 0.25) is 5.15 Å². The molecule has 1 aliphatic rings. The van der Waals surface area contributed by atoms with Crippen molar-refractivity contribution in [2.24, 2.45) is 0 Å². The first-order valence-corrected chi connectivity index (χ1v) is 7.88. The number of rotatable bonds is 2. The van der Waals surface area contributed by atoms with Gasteiger partial charge in [0.25, 0.3) is 0 Å². The lowest BCUT2D eigenvalue weighted by Crippen LogP contribution is -2.33. The van der Waals surface area contributed by atoms with Crippen LogP contribution in [0.1, 0.15) is 12.8 Å². The van der Waals surface area contributed by atoms with Gasteiger partial charge < -0.3 is 5.32 Å². The molecule has 6 heteroatoms. The van der Waals surface area contributed by atoms with E-state index in [2.05, 4.69) is 15.3 Å². The first-order chi connectivity index (χ1) is 9.25. The molecule has 1 atom stereocenters. The normalized spacial score (nSPS) is 18.6.